The van der Waals surface area contributed by atoms with Gasteiger partial charge in [0, 0.05) is 19.6 Å². The van der Waals surface area contributed by atoms with Crippen molar-refractivity contribution in [2.75, 3.05) is 7.05 Å². The second-order valence-electron chi connectivity index (χ2n) is 4.84. The summed E-state index contributed by atoms with van der Waals surface area (Å²) in [4.78, 5) is 4.16. The van der Waals surface area contributed by atoms with E-state index in [1.165, 1.54) is 37.8 Å². The summed E-state index contributed by atoms with van der Waals surface area (Å²) >= 11 is 0. The Kier molecular flexibility index (Phi) is 7.04. The first-order valence-electron chi connectivity index (χ1n) is 6.63. The number of hydrogen-bond donors (Lipinski definition) is 3. The van der Waals surface area contributed by atoms with Crippen molar-refractivity contribution in [2.45, 2.75) is 38.3 Å². The molecule has 20 heavy (non-hydrogen) atoms. The SMILES string of the molecule is CN=C(NCc1ccc(O)c(F)c1)NC1CCCC1.I. The molecule has 1 fully saturated rings. The average Bonchev–Trinajstić information content (AvgIpc) is 2.91. The van der Waals surface area contributed by atoms with Crippen LogP contribution in [-0.2, 0) is 6.54 Å². The first kappa shape index (κ1) is 17.0. The fraction of sp³-hybridized carbons (Fsp3) is 0.500. The zero-order valence-corrected chi connectivity index (χ0v) is 13.9. The first-order valence-corrected chi connectivity index (χ1v) is 6.63. The summed E-state index contributed by atoms with van der Waals surface area (Å²) in [7, 11) is 1.72. The Morgan fingerprint density at radius 1 is 1.40 bits per heavy atom. The lowest BCUT2D eigenvalue weighted by Gasteiger charge is -2.16. The Balaban J connectivity index is 0.00000200. The van der Waals surface area contributed by atoms with Crippen molar-refractivity contribution in [3.05, 3.63) is 29.6 Å². The number of aliphatic imine (C=N–C) groups is 1. The third-order valence-corrected chi connectivity index (χ3v) is 3.39. The van der Waals surface area contributed by atoms with Crippen molar-refractivity contribution >= 4 is 29.9 Å². The monoisotopic (exact) mass is 393 g/mol. The molecule has 0 heterocycles. The Morgan fingerprint density at radius 3 is 2.70 bits per heavy atom. The molecule has 1 aliphatic carbocycles. The molecule has 112 valence electrons. The molecule has 0 atom stereocenters. The van der Waals surface area contributed by atoms with Gasteiger partial charge in [-0.3, -0.25) is 4.99 Å². The predicted octanol–water partition coefficient (Wildman–Crippen LogP) is 2.76. The fourth-order valence-corrected chi connectivity index (χ4v) is 2.30. The molecule has 0 aliphatic heterocycles. The van der Waals surface area contributed by atoms with Gasteiger partial charge in [0.1, 0.15) is 0 Å². The lowest BCUT2D eigenvalue weighted by molar-refractivity contribution is 0.431. The van der Waals surface area contributed by atoms with Crippen molar-refractivity contribution in [1.29, 1.82) is 0 Å². The molecule has 0 amide bonds. The van der Waals surface area contributed by atoms with Gasteiger partial charge in [-0.1, -0.05) is 18.9 Å². The van der Waals surface area contributed by atoms with E-state index in [1.807, 2.05) is 0 Å². The molecule has 1 saturated carbocycles. The van der Waals surface area contributed by atoms with E-state index in [-0.39, 0.29) is 29.7 Å². The molecule has 0 spiro atoms. The largest absolute Gasteiger partial charge is 0.505 e. The number of aromatic hydroxyl groups is 1. The third-order valence-electron chi connectivity index (χ3n) is 3.39. The summed E-state index contributed by atoms with van der Waals surface area (Å²) in [6.45, 7) is 0.476. The summed E-state index contributed by atoms with van der Waals surface area (Å²) in [5.41, 5.74) is 0.768. The topological polar surface area (TPSA) is 56.7 Å². The number of rotatable bonds is 3. The lowest BCUT2D eigenvalue weighted by atomic mass is 10.2. The second-order valence-corrected chi connectivity index (χ2v) is 4.84. The molecular formula is C14H21FIN3O. The fourth-order valence-electron chi connectivity index (χ4n) is 2.30. The first-order chi connectivity index (χ1) is 9.19. The quantitative estimate of drug-likeness (QED) is 0.421. The molecule has 6 heteroatoms. The van der Waals surface area contributed by atoms with Gasteiger partial charge in [-0.05, 0) is 30.5 Å². The smallest absolute Gasteiger partial charge is 0.191 e. The van der Waals surface area contributed by atoms with Crippen LogP contribution in [0.1, 0.15) is 31.2 Å². The highest BCUT2D eigenvalue weighted by atomic mass is 127. The number of nitrogens with zero attached hydrogens (tertiary/aromatic N) is 1. The highest BCUT2D eigenvalue weighted by Crippen LogP contribution is 2.18. The zero-order valence-electron chi connectivity index (χ0n) is 11.5. The van der Waals surface area contributed by atoms with Crippen LogP contribution in [0.4, 0.5) is 4.39 Å². The summed E-state index contributed by atoms with van der Waals surface area (Å²) in [5, 5.41) is 15.6. The van der Waals surface area contributed by atoms with E-state index >= 15 is 0 Å². The van der Waals surface area contributed by atoms with E-state index in [1.54, 1.807) is 13.1 Å². The van der Waals surface area contributed by atoms with E-state index in [4.69, 9.17) is 5.11 Å². The van der Waals surface area contributed by atoms with E-state index < -0.39 is 5.82 Å². The molecule has 2 rings (SSSR count). The number of hydrogen-bond acceptors (Lipinski definition) is 2. The molecule has 1 aromatic carbocycles. The number of nitrogens with one attached hydrogen (secondary N) is 2. The minimum Gasteiger partial charge on any atom is -0.505 e. The molecule has 3 N–H and O–H groups in total. The predicted molar refractivity (Wildman–Crippen MR) is 89.1 cm³/mol. The second kappa shape index (κ2) is 8.28. The molecule has 0 bridgehead atoms. The van der Waals surface area contributed by atoms with Crippen LogP contribution >= 0.6 is 24.0 Å². The molecule has 0 saturated heterocycles. The maximum absolute atomic E-state index is 13.2. The van der Waals surface area contributed by atoms with Crippen molar-refractivity contribution < 1.29 is 9.50 Å². The van der Waals surface area contributed by atoms with Gasteiger partial charge in [0.25, 0.3) is 0 Å². The maximum Gasteiger partial charge on any atom is 0.191 e. The summed E-state index contributed by atoms with van der Waals surface area (Å²) in [6, 6.07) is 4.86. The summed E-state index contributed by atoms with van der Waals surface area (Å²) in [5.74, 6) is -0.185. The summed E-state index contributed by atoms with van der Waals surface area (Å²) < 4.78 is 13.2. The molecule has 0 radical (unpaired) electrons. The van der Waals surface area contributed by atoms with E-state index in [0.29, 0.717) is 12.6 Å². The van der Waals surface area contributed by atoms with Crippen LogP contribution in [0.3, 0.4) is 0 Å². The Labute approximate surface area is 135 Å². The van der Waals surface area contributed by atoms with Crippen LogP contribution in [0.5, 0.6) is 5.75 Å². The molecule has 1 aliphatic rings. The van der Waals surface area contributed by atoms with Gasteiger partial charge in [0.2, 0.25) is 0 Å². The molecular weight excluding hydrogens is 372 g/mol. The number of halogens is 2. The van der Waals surface area contributed by atoms with E-state index in [0.717, 1.165) is 11.5 Å². The minimum absolute atomic E-state index is 0. The lowest BCUT2D eigenvalue weighted by Crippen LogP contribution is -2.41. The number of guanidine groups is 1. The van der Waals surface area contributed by atoms with Gasteiger partial charge in [0.15, 0.2) is 17.5 Å². The van der Waals surface area contributed by atoms with Gasteiger partial charge in [-0.25, -0.2) is 4.39 Å². The molecule has 4 nitrogen and oxygen atoms in total. The minimum atomic E-state index is -0.599. The number of benzene rings is 1. The maximum atomic E-state index is 13.2. The zero-order chi connectivity index (χ0) is 13.7. The highest BCUT2D eigenvalue weighted by Gasteiger charge is 2.15. The van der Waals surface area contributed by atoms with Gasteiger partial charge >= 0.3 is 0 Å². The van der Waals surface area contributed by atoms with Gasteiger partial charge < -0.3 is 15.7 Å². The number of phenols is 1. The Hall–Kier alpha value is -1.05. The van der Waals surface area contributed by atoms with Crippen LogP contribution in [0.25, 0.3) is 0 Å². The standard InChI is InChI=1S/C14H20FN3O.HI/c1-16-14(18-11-4-2-3-5-11)17-9-10-6-7-13(19)12(15)8-10;/h6-8,11,19H,2-5,9H2,1H3,(H2,16,17,18);1H. The van der Waals surface area contributed by atoms with E-state index in [9.17, 15) is 4.39 Å². The normalized spacial score (nSPS) is 15.8. The highest BCUT2D eigenvalue weighted by molar-refractivity contribution is 14.0. The van der Waals surface area contributed by atoms with Crippen LogP contribution in [-0.4, -0.2) is 24.2 Å². The average molecular weight is 393 g/mol. The van der Waals surface area contributed by atoms with Crippen LogP contribution in [0.15, 0.2) is 23.2 Å². The molecule has 1 aromatic rings. The van der Waals surface area contributed by atoms with Crippen molar-refractivity contribution in [3.63, 3.8) is 0 Å². The van der Waals surface area contributed by atoms with E-state index in [2.05, 4.69) is 15.6 Å². The van der Waals surface area contributed by atoms with Crippen molar-refractivity contribution in [3.8, 4) is 5.75 Å². The van der Waals surface area contributed by atoms with Crippen LogP contribution in [0.2, 0.25) is 0 Å². The van der Waals surface area contributed by atoms with Gasteiger partial charge in [-0.15, -0.1) is 24.0 Å². The number of phenolic OH excluding ortho intramolecular Hbond substituents is 1. The third kappa shape index (κ3) is 4.81. The van der Waals surface area contributed by atoms with Crippen LogP contribution < -0.4 is 10.6 Å². The van der Waals surface area contributed by atoms with Gasteiger partial charge in [0.05, 0.1) is 0 Å². The van der Waals surface area contributed by atoms with Crippen molar-refractivity contribution in [1.82, 2.24) is 10.6 Å². The summed E-state index contributed by atoms with van der Waals surface area (Å²) in [6.07, 6.45) is 4.87. The Bertz CT molecular complexity index is 462. The molecule has 0 unspecified atom stereocenters. The van der Waals surface area contributed by atoms with Crippen molar-refractivity contribution in [2.24, 2.45) is 4.99 Å². The molecule has 0 aromatic heterocycles. The van der Waals surface area contributed by atoms with Gasteiger partial charge in [-0.2, -0.15) is 0 Å². The van der Waals surface area contributed by atoms with Crippen LogP contribution in [0, 0.1) is 5.82 Å². The Morgan fingerprint density at radius 2 is 2.10 bits per heavy atom.